The molecule has 14 heavy (non-hydrogen) atoms. The number of hydrogen-bond acceptors (Lipinski definition) is 2. The molecule has 1 atom stereocenters. The normalized spacial score (nSPS) is 22.0. The highest BCUT2D eigenvalue weighted by molar-refractivity contribution is 9.09. The number of halogens is 1. The molecule has 0 aliphatic carbocycles. The van der Waals surface area contributed by atoms with Crippen molar-refractivity contribution in [1.82, 2.24) is 4.90 Å². The van der Waals surface area contributed by atoms with Gasteiger partial charge >= 0.3 is 0 Å². The Bertz CT molecular complexity index is 176. The molecule has 0 spiro atoms. The van der Waals surface area contributed by atoms with Crippen LogP contribution < -0.4 is 0 Å². The molecule has 0 saturated carbocycles. The van der Waals surface area contributed by atoms with E-state index in [-0.39, 0.29) is 5.25 Å². The molecule has 0 aromatic heterocycles. The first kappa shape index (κ1) is 12.4. The number of rotatable bonds is 4. The fourth-order valence-electron chi connectivity index (χ4n) is 1.67. The van der Waals surface area contributed by atoms with E-state index in [1.165, 1.54) is 12.8 Å². The lowest BCUT2D eigenvalue weighted by Gasteiger charge is -2.27. The molecule has 82 valence electrons. The third kappa shape index (κ3) is 3.46. The van der Waals surface area contributed by atoms with Crippen molar-refractivity contribution in [2.24, 2.45) is 0 Å². The van der Waals surface area contributed by atoms with Crippen molar-refractivity contribution in [2.75, 3.05) is 24.2 Å². The summed E-state index contributed by atoms with van der Waals surface area (Å²) >= 11 is 5.22. The minimum Gasteiger partial charge on any atom is -0.341 e. The SMILES string of the molecule is CCN(CCBr)C(=O)C1CCCCS1. The highest BCUT2D eigenvalue weighted by atomic mass is 79.9. The van der Waals surface area contributed by atoms with E-state index < -0.39 is 0 Å². The van der Waals surface area contributed by atoms with Crippen LogP contribution in [0.3, 0.4) is 0 Å². The van der Waals surface area contributed by atoms with E-state index in [0.29, 0.717) is 5.91 Å². The third-order valence-electron chi connectivity index (χ3n) is 2.50. The maximum atomic E-state index is 12.0. The molecule has 1 aliphatic rings. The van der Waals surface area contributed by atoms with Crippen molar-refractivity contribution in [3.63, 3.8) is 0 Å². The van der Waals surface area contributed by atoms with Gasteiger partial charge in [0.15, 0.2) is 0 Å². The summed E-state index contributed by atoms with van der Waals surface area (Å²) in [6.45, 7) is 3.72. The second-order valence-electron chi connectivity index (χ2n) is 3.46. The van der Waals surface area contributed by atoms with Gasteiger partial charge in [0.05, 0.1) is 5.25 Å². The summed E-state index contributed by atoms with van der Waals surface area (Å²) in [6.07, 6.45) is 3.57. The van der Waals surface area contributed by atoms with E-state index in [2.05, 4.69) is 15.9 Å². The van der Waals surface area contributed by atoms with Crippen LogP contribution in [0.25, 0.3) is 0 Å². The van der Waals surface area contributed by atoms with Gasteiger partial charge in [-0.25, -0.2) is 0 Å². The lowest BCUT2D eigenvalue weighted by atomic mass is 10.1. The molecule has 1 fully saturated rings. The molecule has 0 aromatic rings. The van der Waals surface area contributed by atoms with Gasteiger partial charge in [0.25, 0.3) is 0 Å². The number of hydrogen-bond donors (Lipinski definition) is 0. The van der Waals surface area contributed by atoms with Crippen molar-refractivity contribution in [1.29, 1.82) is 0 Å². The fraction of sp³-hybridized carbons (Fsp3) is 0.900. The van der Waals surface area contributed by atoms with E-state index in [1.54, 1.807) is 0 Å². The lowest BCUT2D eigenvalue weighted by molar-refractivity contribution is -0.130. The van der Waals surface area contributed by atoms with Crippen LogP contribution in [0.1, 0.15) is 26.2 Å². The number of amides is 1. The molecule has 0 bridgehead atoms. The van der Waals surface area contributed by atoms with Gasteiger partial charge < -0.3 is 4.90 Å². The minimum absolute atomic E-state index is 0.239. The number of alkyl halides is 1. The molecule has 1 saturated heterocycles. The molecule has 2 nitrogen and oxygen atoms in total. The summed E-state index contributed by atoms with van der Waals surface area (Å²) in [5, 5.41) is 1.12. The van der Waals surface area contributed by atoms with E-state index in [1.807, 2.05) is 23.6 Å². The Hall–Kier alpha value is 0.300. The molecule has 1 unspecified atom stereocenters. The predicted molar refractivity (Wildman–Crippen MR) is 66.1 cm³/mol. The summed E-state index contributed by atoms with van der Waals surface area (Å²) < 4.78 is 0. The van der Waals surface area contributed by atoms with Crippen LogP contribution in [0.4, 0.5) is 0 Å². The largest absolute Gasteiger partial charge is 0.341 e. The summed E-state index contributed by atoms with van der Waals surface area (Å²) in [4.78, 5) is 14.0. The zero-order valence-corrected chi connectivity index (χ0v) is 11.1. The topological polar surface area (TPSA) is 20.3 Å². The summed E-state index contributed by atoms with van der Waals surface area (Å²) in [5.41, 5.74) is 0. The van der Waals surface area contributed by atoms with E-state index in [9.17, 15) is 4.79 Å². The van der Waals surface area contributed by atoms with E-state index in [4.69, 9.17) is 0 Å². The zero-order chi connectivity index (χ0) is 10.4. The second-order valence-corrected chi connectivity index (χ2v) is 5.57. The van der Waals surface area contributed by atoms with Crippen LogP contribution in [0, 0.1) is 0 Å². The van der Waals surface area contributed by atoms with Gasteiger partial charge in [0, 0.05) is 18.4 Å². The summed E-state index contributed by atoms with van der Waals surface area (Å²) in [7, 11) is 0. The molecular weight excluding hydrogens is 262 g/mol. The van der Waals surface area contributed by atoms with Crippen LogP contribution in [-0.2, 0) is 4.79 Å². The lowest BCUT2D eigenvalue weighted by Crippen LogP contribution is -2.39. The van der Waals surface area contributed by atoms with Gasteiger partial charge in [-0.3, -0.25) is 4.79 Å². The van der Waals surface area contributed by atoms with Gasteiger partial charge in [0.2, 0.25) is 5.91 Å². The third-order valence-corrected chi connectivity index (χ3v) is 4.22. The molecule has 4 heteroatoms. The Morgan fingerprint density at radius 3 is 2.86 bits per heavy atom. The van der Waals surface area contributed by atoms with Crippen LogP contribution in [0.15, 0.2) is 0 Å². The number of carbonyl (C=O) groups excluding carboxylic acids is 1. The van der Waals surface area contributed by atoms with Gasteiger partial charge in [-0.2, -0.15) is 0 Å². The maximum Gasteiger partial charge on any atom is 0.235 e. The van der Waals surface area contributed by atoms with Crippen molar-refractivity contribution >= 4 is 33.6 Å². The molecule has 1 aliphatic heterocycles. The summed E-state index contributed by atoms with van der Waals surface area (Å²) in [6, 6.07) is 0. The van der Waals surface area contributed by atoms with E-state index in [0.717, 1.165) is 30.6 Å². The van der Waals surface area contributed by atoms with Crippen molar-refractivity contribution < 1.29 is 4.79 Å². The molecule has 1 amide bonds. The minimum atomic E-state index is 0.239. The van der Waals surface area contributed by atoms with Crippen molar-refractivity contribution in [3.8, 4) is 0 Å². The number of nitrogens with zero attached hydrogens (tertiary/aromatic N) is 1. The molecule has 0 aromatic carbocycles. The first-order valence-electron chi connectivity index (χ1n) is 5.26. The number of carbonyl (C=O) groups is 1. The first-order valence-corrected chi connectivity index (χ1v) is 7.43. The highest BCUT2D eigenvalue weighted by Crippen LogP contribution is 2.26. The second kappa shape index (κ2) is 6.72. The molecule has 0 radical (unpaired) electrons. The molecule has 0 N–H and O–H groups in total. The Morgan fingerprint density at radius 1 is 1.57 bits per heavy atom. The van der Waals surface area contributed by atoms with Crippen LogP contribution in [-0.4, -0.2) is 40.2 Å². The average Bonchev–Trinajstić information content (AvgIpc) is 2.26. The van der Waals surface area contributed by atoms with Gasteiger partial charge in [-0.05, 0) is 25.5 Å². The summed E-state index contributed by atoms with van der Waals surface area (Å²) in [5.74, 6) is 1.50. The molecule has 1 rings (SSSR count). The zero-order valence-electron chi connectivity index (χ0n) is 8.67. The average molecular weight is 280 g/mol. The quantitative estimate of drug-likeness (QED) is 0.737. The highest BCUT2D eigenvalue weighted by Gasteiger charge is 2.25. The molecular formula is C10H18BrNOS. The smallest absolute Gasteiger partial charge is 0.235 e. The standard InChI is InChI=1S/C10H18BrNOS/c1-2-12(7-6-11)10(13)9-5-3-4-8-14-9/h9H,2-8H2,1H3. The van der Waals surface area contributed by atoms with E-state index >= 15 is 0 Å². The number of thioether (sulfide) groups is 1. The van der Waals surface area contributed by atoms with Crippen molar-refractivity contribution in [2.45, 2.75) is 31.4 Å². The van der Waals surface area contributed by atoms with Gasteiger partial charge in [-0.15, -0.1) is 11.8 Å². The van der Waals surface area contributed by atoms with Gasteiger partial charge in [-0.1, -0.05) is 22.4 Å². The van der Waals surface area contributed by atoms with Crippen LogP contribution in [0.2, 0.25) is 0 Å². The Labute approximate surface area is 98.9 Å². The Balaban J connectivity index is 2.43. The van der Waals surface area contributed by atoms with Crippen LogP contribution in [0.5, 0.6) is 0 Å². The van der Waals surface area contributed by atoms with Gasteiger partial charge in [0.1, 0.15) is 0 Å². The fourth-order valence-corrected chi connectivity index (χ4v) is 3.37. The Kier molecular flexibility index (Phi) is 5.94. The monoisotopic (exact) mass is 279 g/mol. The van der Waals surface area contributed by atoms with Crippen LogP contribution >= 0.6 is 27.7 Å². The first-order chi connectivity index (χ1) is 6.79. The predicted octanol–water partition coefficient (Wildman–Crippen LogP) is 2.52. The van der Waals surface area contributed by atoms with Crippen molar-refractivity contribution in [3.05, 3.63) is 0 Å². The maximum absolute atomic E-state index is 12.0. The molecule has 1 heterocycles. The Morgan fingerprint density at radius 2 is 2.36 bits per heavy atom.